The van der Waals surface area contributed by atoms with Crippen LogP contribution in [0.4, 0.5) is 0 Å². The van der Waals surface area contributed by atoms with Gasteiger partial charge in [-0.1, -0.05) is 0 Å². The second-order valence-corrected chi connectivity index (χ2v) is 1.34. The molecule has 0 aliphatic carbocycles. The van der Waals surface area contributed by atoms with Crippen LogP contribution in [0.25, 0.3) is 0 Å². The summed E-state index contributed by atoms with van der Waals surface area (Å²) < 4.78 is 8.55. The van der Waals surface area contributed by atoms with Gasteiger partial charge in [-0.25, -0.2) is 0 Å². The van der Waals surface area contributed by atoms with E-state index in [2.05, 4.69) is 0 Å². The number of phosphoric acid groups is 1. The van der Waals surface area contributed by atoms with Crippen molar-refractivity contribution >= 4 is 7.82 Å². The molecule has 0 atom stereocenters. The van der Waals surface area contributed by atoms with Crippen molar-refractivity contribution in [1.29, 1.82) is 0 Å². The molecule has 0 spiro atoms. The summed E-state index contributed by atoms with van der Waals surface area (Å²) in [7, 11) is -5.39. The van der Waals surface area contributed by atoms with Gasteiger partial charge < -0.3 is 19.2 Å². The van der Waals surface area contributed by atoms with Crippen LogP contribution in [-0.2, 0) is 21.6 Å². The van der Waals surface area contributed by atoms with E-state index in [0.717, 1.165) is 0 Å². The van der Waals surface area contributed by atoms with Crippen LogP contribution in [0.2, 0.25) is 0 Å². The van der Waals surface area contributed by atoms with E-state index in [1.807, 2.05) is 0 Å². The van der Waals surface area contributed by atoms with Crippen LogP contribution in [0.15, 0.2) is 0 Å². The second-order valence-electron chi connectivity index (χ2n) is 0.447. The summed E-state index contributed by atoms with van der Waals surface area (Å²) in [5.74, 6) is 0. The van der Waals surface area contributed by atoms with Gasteiger partial charge in [-0.15, -0.1) is 0 Å². The summed E-state index contributed by atoms with van der Waals surface area (Å²) in [5, 5.41) is 0. The van der Waals surface area contributed by atoms with Gasteiger partial charge in [0.1, 0.15) is 0 Å². The Morgan fingerprint density at radius 3 is 1.14 bits per heavy atom. The van der Waals surface area contributed by atoms with Crippen molar-refractivity contribution in [3.63, 3.8) is 0 Å². The van der Waals surface area contributed by atoms with E-state index in [-0.39, 0.29) is 68.5 Å². The Hall–Kier alpha value is 2.27. The third-order valence-electron chi connectivity index (χ3n) is 0. The Morgan fingerprint density at radius 1 is 1.14 bits per heavy atom. The minimum Gasteiger partial charge on any atom is -0.822 e. The zero-order chi connectivity index (χ0) is 4.50. The molecule has 0 unspecified atom stereocenters. The van der Waals surface area contributed by atoms with Gasteiger partial charge >= 0.3 is 68.5 Å². The Balaban J connectivity index is -0.0000000800. The molecule has 41 valence electrons. The van der Waals surface area contributed by atoms with E-state index < -0.39 is 7.82 Å². The van der Waals surface area contributed by atoms with Gasteiger partial charge in [0.25, 0.3) is 0 Å². The summed E-state index contributed by atoms with van der Waals surface area (Å²) in [6.45, 7) is 0. The molecule has 1 radical (unpaired) electrons. The smallest absolute Gasteiger partial charge is 0.822 e. The van der Waals surface area contributed by atoms with Crippen molar-refractivity contribution < 1.29 is 87.7 Å². The molecule has 0 N–H and O–H groups in total. The predicted octanol–water partition coefficient (Wildman–Crippen LogP) is -5.82. The zero-order valence-electron chi connectivity index (χ0n) is 3.38. The first-order valence-corrected chi connectivity index (χ1v) is 2.19. The van der Waals surface area contributed by atoms with Gasteiger partial charge in [0, 0.05) is 0 Å². The largest absolute Gasteiger partial charge is 2.00 e. The van der Waals surface area contributed by atoms with E-state index in [9.17, 15) is 0 Å². The van der Waals surface area contributed by atoms with E-state index in [1.165, 1.54) is 0 Å². The summed E-state index contributed by atoms with van der Waals surface area (Å²) in [6, 6.07) is 0. The zero-order valence-corrected chi connectivity index (χ0v) is 8.34. The average molecular weight is 198 g/mol. The first-order valence-electron chi connectivity index (χ1n) is 0.730. The fourth-order valence-corrected chi connectivity index (χ4v) is 0. The topological polar surface area (TPSA) is 86.2 Å². The third-order valence-corrected chi connectivity index (χ3v) is 0. The van der Waals surface area contributed by atoms with Crippen LogP contribution >= 0.6 is 7.82 Å². The molecule has 0 aliphatic rings. The molecule has 0 aliphatic heterocycles. The molecule has 0 heterocycles. The maximum atomic E-state index is 8.55. The van der Waals surface area contributed by atoms with Crippen molar-refractivity contribution in [3.8, 4) is 0 Å². The molecule has 0 aromatic rings. The van der Waals surface area contributed by atoms with Crippen molar-refractivity contribution in [3.05, 3.63) is 0 Å². The normalized spacial score (nSPS) is 8.43. The van der Waals surface area contributed by atoms with Crippen LogP contribution in [0.1, 0.15) is 0 Å². The van der Waals surface area contributed by atoms with Crippen LogP contribution < -0.4 is 66.1 Å². The molecule has 0 bridgehead atoms. The SMILES string of the molecule is O=P([O-])([O-])[O-].[Cu+2].[K+]. The Bertz CT molecular complexity index is 57.8. The predicted molar refractivity (Wildman–Crippen MR) is 7.61 cm³/mol. The molecular formula is CuKO4P. The van der Waals surface area contributed by atoms with Gasteiger partial charge in [-0.05, 0) is 0 Å². The minimum absolute atomic E-state index is 0. The standard InChI is InChI=1S/Cu.K.H3O4P/c;;1-5(2,3)4/h;;(H3,1,2,3,4)/q+2;+1;/p-3. The molecule has 0 saturated heterocycles. The van der Waals surface area contributed by atoms with Crippen LogP contribution in [0.3, 0.4) is 0 Å². The molecule has 7 heavy (non-hydrogen) atoms. The van der Waals surface area contributed by atoms with Crippen molar-refractivity contribution in [1.82, 2.24) is 0 Å². The first-order chi connectivity index (χ1) is 2.00. The van der Waals surface area contributed by atoms with Gasteiger partial charge in [0.15, 0.2) is 0 Å². The van der Waals surface area contributed by atoms with Crippen molar-refractivity contribution in [2.75, 3.05) is 0 Å². The van der Waals surface area contributed by atoms with Gasteiger partial charge in [-0.3, -0.25) is 0 Å². The molecular weight excluding hydrogens is 198 g/mol. The summed E-state index contributed by atoms with van der Waals surface area (Å²) >= 11 is 0. The molecule has 4 nitrogen and oxygen atoms in total. The first kappa shape index (κ1) is 16.1. The molecule has 7 heteroatoms. The van der Waals surface area contributed by atoms with Gasteiger partial charge in [0.2, 0.25) is 0 Å². The monoisotopic (exact) mass is 197 g/mol. The van der Waals surface area contributed by atoms with Crippen LogP contribution in [-0.4, -0.2) is 0 Å². The van der Waals surface area contributed by atoms with E-state index in [0.29, 0.717) is 0 Å². The fraction of sp³-hybridized carbons (Fsp3) is 0. The number of rotatable bonds is 0. The Kier molecular flexibility index (Phi) is 14.7. The summed E-state index contributed by atoms with van der Waals surface area (Å²) in [5.41, 5.74) is 0. The fourth-order valence-electron chi connectivity index (χ4n) is 0. The van der Waals surface area contributed by atoms with Crippen LogP contribution in [0.5, 0.6) is 0 Å². The molecule has 0 rings (SSSR count). The second kappa shape index (κ2) is 6.39. The van der Waals surface area contributed by atoms with Crippen LogP contribution in [0, 0.1) is 0 Å². The number of hydrogen-bond acceptors (Lipinski definition) is 4. The minimum atomic E-state index is -5.39. The molecule has 0 aromatic heterocycles. The molecule has 0 aromatic carbocycles. The van der Waals surface area contributed by atoms with E-state index >= 15 is 0 Å². The summed E-state index contributed by atoms with van der Waals surface area (Å²) in [4.78, 5) is 25.6. The maximum absolute atomic E-state index is 8.55. The van der Waals surface area contributed by atoms with Gasteiger partial charge in [0.05, 0.1) is 0 Å². The Morgan fingerprint density at radius 2 is 1.14 bits per heavy atom. The quantitative estimate of drug-likeness (QED) is 0.286. The van der Waals surface area contributed by atoms with E-state index in [1.54, 1.807) is 0 Å². The average Bonchev–Trinajstić information content (AvgIpc) is 0.722. The van der Waals surface area contributed by atoms with Crippen molar-refractivity contribution in [2.45, 2.75) is 0 Å². The number of hydrogen-bond donors (Lipinski definition) is 0. The Labute approximate surface area is 93.8 Å². The molecule has 0 fully saturated rings. The third kappa shape index (κ3) is 63.2. The van der Waals surface area contributed by atoms with E-state index in [4.69, 9.17) is 19.2 Å². The maximum Gasteiger partial charge on any atom is 2.00 e. The summed E-state index contributed by atoms with van der Waals surface area (Å²) in [6.07, 6.45) is 0. The molecule has 0 amide bonds. The van der Waals surface area contributed by atoms with Crippen molar-refractivity contribution in [2.24, 2.45) is 0 Å². The molecule has 0 saturated carbocycles. The van der Waals surface area contributed by atoms with Gasteiger partial charge in [-0.2, -0.15) is 7.82 Å².